The summed E-state index contributed by atoms with van der Waals surface area (Å²) in [5, 5.41) is 0. The van der Waals surface area contributed by atoms with Crippen LogP contribution in [-0.4, -0.2) is 48.4 Å². The van der Waals surface area contributed by atoms with Crippen LogP contribution in [0.15, 0.2) is 28.7 Å². The van der Waals surface area contributed by atoms with Crippen molar-refractivity contribution in [3.05, 3.63) is 41.7 Å². The third kappa shape index (κ3) is 13.7. The van der Waals surface area contributed by atoms with E-state index in [0.29, 0.717) is 18.4 Å². The van der Waals surface area contributed by atoms with Gasteiger partial charge in [-0.15, -0.1) is 0 Å². The fourth-order valence-electron chi connectivity index (χ4n) is 2.70. The quantitative estimate of drug-likeness (QED) is 0.229. The van der Waals surface area contributed by atoms with Gasteiger partial charge in [0, 0.05) is 24.5 Å². The van der Waals surface area contributed by atoms with Gasteiger partial charge in [0.25, 0.3) is 0 Å². The summed E-state index contributed by atoms with van der Waals surface area (Å²) in [7, 11) is 1.60. The van der Waals surface area contributed by atoms with E-state index in [2.05, 4.69) is 15.9 Å². The molecule has 0 N–H and O–H groups in total. The monoisotopic (exact) mass is 621 g/mol. The number of ether oxygens (including phenoxy) is 2. The van der Waals surface area contributed by atoms with Crippen LogP contribution >= 0.6 is 15.9 Å². The zero-order valence-corrected chi connectivity index (χ0v) is 28.0. The molecular weight excluding hydrogens is 586 g/mol. The van der Waals surface area contributed by atoms with Gasteiger partial charge in [-0.1, -0.05) is 41.4 Å². The van der Waals surface area contributed by atoms with Gasteiger partial charge in [-0.2, -0.15) is 0 Å². The second kappa shape index (κ2) is 16.1. The molecule has 0 aromatic heterocycles. The van der Waals surface area contributed by atoms with Crippen molar-refractivity contribution < 1.29 is 92.3 Å². The minimum atomic E-state index is -2.15. The SMILES string of the molecule is CCCCOC(=O)C(F)(CCCN(C)C(=O)OC(C)(C)C)Cc1cccc(Br)c1.[CH3-].[Cs+]. The summed E-state index contributed by atoms with van der Waals surface area (Å²) in [6.45, 7) is 7.82. The minimum absolute atomic E-state index is 0. The van der Waals surface area contributed by atoms with Crippen molar-refractivity contribution >= 4 is 28.0 Å². The number of halogens is 2. The molecule has 1 unspecified atom stereocenters. The summed E-state index contributed by atoms with van der Waals surface area (Å²) in [6.07, 6.45) is 1.27. The van der Waals surface area contributed by atoms with Gasteiger partial charge in [0.05, 0.1) is 6.61 Å². The van der Waals surface area contributed by atoms with Gasteiger partial charge in [-0.25, -0.2) is 14.0 Å². The summed E-state index contributed by atoms with van der Waals surface area (Å²) in [6, 6.07) is 7.23. The van der Waals surface area contributed by atoms with Crippen LogP contribution in [0.2, 0.25) is 0 Å². The number of unbranched alkanes of at least 4 members (excludes halogenated alkanes) is 1. The van der Waals surface area contributed by atoms with Crippen LogP contribution in [0.3, 0.4) is 0 Å². The van der Waals surface area contributed by atoms with Crippen molar-refractivity contribution in [1.82, 2.24) is 4.90 Å². The topological polar surface area (TPSA) is 55.8 Å². The van der Waals surface area contributed by atoms with E-state index < -0.39 is 23.3 Å². The van der Waals surface area contributed by atoms with E-state index in [1.165, 1.54) is 4.90 Å². The normalized spacial score (nSPS) is 12.6. The summed E-state index contributed by atoms with van der Waals surface area (Å²) >= 11 is 3.37. The van der Waals surface area contributed by atoms with Crippen LogP contribution in [0.5, 0.6) is 0 Å². The van der Waals surface area contributed by atoms with Crippen molar-refractivity contribution in [2.45, 2.75) is 71.1 Å². The van der Waals surface area contributed by atoms with E-state index in [1.54, 1.807) is 46.0 Å². The number of hydrogen-bond donors (Lipinski definition) is 0. The van der Waals surface area contributed by atoms with Gasteiger partial charge in [-0.05, 0) is 57.7 Å². The van der Waals surface area contributed by atoms with E-state index in [9.17, 15) is 9.59 Å². The number of benzene rings is 1. The molecule has 5 nitrogen and oxygen atoms in total. The van der Waals surface area contributed by atoms with E-state index in [1.807, 2.05) is 13.0 Å². The van der Waals surface area contributed by atoms with E-state index in [-0.39, 0.29) is 102 Å². The van der Waals surface area contributed by atoms with E-state index in [4.69, 9.17) is 9.47 Å². The van der Waals surface area contributed by atoms with Crippen LogP contribution in [0.25, 0.3) is 0 Å². The van der Waals surface area contributed by atoms with Crippen LogP contribution in [0.4, 0.5) is 9.18 Å². The Balaban J connectivity index is 0. The molecule has 1 rings (SSSR count). The Labute approximate surface area is 254 Å². The van der Waals surface area contributed by atoms with E-state index >= 15 is 4.39 Å². The number of carbonyl (C=O) groups excluding carboxylic acids is 2. The van der Waals surface area contributed by atoms with Gasteiger partial charge < -0.3 is 21.8 Å². The van der Waals surface area contributed by atoms with Crippen molar-refractivity contribution in [2.75, 3.05) is 20.2 Å². The molecule has 172 valence electrons. The van der Waals surface area contributed by atoms with Gasteiger partial charge in [0.15, 0.2) is 0 Å². The smallest absolute Gasteiger partial charge is 0.463 e. The number of rotatable bonds is 10. The van der Waals surface area contributed by atoms with Gasteiger partial charge >= 0.3 is 81.0 Å². The third-order valence-corrected chi connectivity index (χ3v) is 4.74. The first-order valence-corrected chi connectivity index (χ1v) is 10.8. The second-order valence-electron chi connectivity index (χ2n) is 8.27. The minimum Gasteiger partial charge on any atom is -0.463 e. The average molecular weight is 622 g/mol. The van der Waals surface area contributed by atoms with Crippen LogP contribution < -0.4 is 68.9 Å². The summed E-state index contributed by atoms with van der Waals surface area (Å²) in [4.78, 5) is 26.0. The number of alkyl halides is 1. The maximum Gasteiger partial charge on any atom is 1.00 e. The molecule has 0 aliphatic heterocycles. The molecule has 8 heteroatoms. The first-order valence-electron chi connectivity index (χ1n) is 10.0. The van der Waals surface area contributed by atoms with Crippen LogP contribution in [-0.2, 0) is 20.7 Å². The van der Waals surface area contributed by atoms with Crippen molar-refractivity contribution in [3.63, 3.8) is 0 Å². The molecule has 1 atom stereocenters. The molecule has 0 aliphatic rings. The van der Waals surface area contributed by atoms with Crippen LogP contribution in [0.1, 0.15) is 58.9 Å². The van der Waals surface area contributed by atoms with E-state index in [0.717, 1.165) is 10.9 Å². The Morgan fingerprint density at radius 1 is 1.19 bits per heavy atom. The Kier molecular flexibility index (Phi) is 17.5. The second-order valence-corrected chi connectivity index (χ2v) is 9.18. The molecule has 0 spiro atoms. The largest absolute Gasteiger partial charge is 1.00 e. The molecule has 0 bridgehead atoms. The molecule has 1 aromatic carbocycles. The Morgan fingerprint density at radius 3 is 2.39 bits per heavy atom. The standard InChI is InChI=1S/C22H33BrFNO4.CH3.Cs/c1-6-7-14-28-19(26)22(24,16-17-10-8-11-18(23)15-17)12-9-13-25(5)20(27)29-21(2,3)4;;/h8,10-11,15H,6-7,9,12-14,16H2,1-5H3;1H3;/q;-1;+1. The molecule has 0 saturated carbocycles. The summed E-state index contributed by atoms with van der Waals surface area (Å²) < 4.78 is 27.0. The molecule has 1 aromatic rings. The predicted molar refractivity (Wildman–Crippen MR) is 122 cm³/mol. The van der Waals surface area contributed by atoms with Crippen molar-refractivity contribution in [2.24, 2.45) is 0 Å². The van der Waals surface area contributed by atoms with Crippen molar-refractivity contribution in [1.29, 1.82) is 0 Å². The number of hydrogen-bond acceptors (Lipinski definition) is 4. The zero-order valence-electron chi connectivity index (χ0n) is 20.1. The third-order valence-electron chi connectivity index (χ3n) is 4.24. The fourth-order valence-corrected chi connectivity index (χ4v) is 3.15. The van der Waals surface area contributed by atoms with Gasteiger partial charge in [0.2, 0.25) is 5.67 Å². The fraction of sp³-hybridized carbons (Fsp3) is 0.609. The summed E-state index contributed by atoms with van der Waals surface area (Å²) in [5.74, 6) is -0.842. The molecule has 0 saturated heterocycles. The summed E-state index contributed by atoms with van der Waals surface area (Å²) in [5.41, 5.74) is -2.04. The first-order chi connectivity index (χ1) is 13.5. The number of esters is 1. The molecule has 0 fully saturated rings. The van der Waals surface area contributed by atoms with Crippen molar-refractivity contribution in [3.8, 4) is 0 Å². The Bertz CT molecular complexity index is 684. The molecule has 31 heavy (non-hydrogen) atoms. The molecular formula is C23H36BrCsFNO4. The van der Waals surface area contributed by atoms with Crippen LogP contribution in [0, 0.1) is 7.43 Å². The number of nitrogens with zero attached hydrogens (tertiary/aromatic N) is 1. The molecule has 0 radical (unpaired) electrons. The molecule has 0 heterocycles. The first kappa shape index (κ1) is 33.6. The predicted octanol–water partition coefficient (Wildman–Crippen LogP) is 3.14. The van der Waals surface area contributed by atoms with Gasteiger partial charge in [0.1, 0.15) is 5.60 Å². The zero-order chi connectivity index (χ0) is 22.1. The Morgan fingerprint density at radius 2 is 1.84 bits per heavy atom. The average Bonchev–Trinajstić information content (AvgIpc) is 2.60. The number of amides is 1. The maximum atomic E-state index is 15.7. The molecule has 0 aliphatic carbocycles. The maximum absolute atomic E-state index is 15.7. The molecule has 1 amide bonds. The van der Waals surface area contributed by atoms with Gasteiger partial charge in [-0.3, -0.25) is 0 Å². The Hall–Kier alpha value is 0.422. The number of carbonyl (C=O) groups is 2.